The maximum Gasteiger partial charge on any atom is 0.416 e. The fraction of sp³-hybridized carbons (Fsp3) is 0.217. The summed E-state index contributed by atoms with van der Waals surface area (Å²) < 4.78 is 50.8. The number of benzene rings is 2. The van der Waals surface area contributed by atoms with E-state index in [2.05, 4.69) is 9.97 Å². The highest BCUT2D eigenvalue weighted by atomic mass is 19.4. The van der Waals surface area contributed by atoms with E-state index in [4.69, 9.17) is 15.2 Å². The van der Waals surface area contributed by atoms with Crippen LogP contribution in [0.3, 0.4) is 0 Å². The molecule has 2 N–H and O–H groups in total. The highest BCUT2D eigenvalue weighted by molar-refractivity contribution is 6.02. The smallest absolute Gasteiger partial charge is 0.416 e. The van der Waals surface area contributed by atoms with E-state index in [1.54, 1.807) is 29.6 Å². The SMILES string of the molecule is COC(=O)c1ncn2c1c(N)nc1ccc(C(=O)N(C)[C@@H]3COc4cc(C(F)(F)F)ccc43)cc12. The summed E-state index contributed by atoms with van der Waals surface area (Å²) in [6, 6.07) is 7.43. The van der Waals surface area contributed by atoms with Gasteiger partial charge in [0.15, 0.2) is 11.5 Å². The summed E-state index contributed by atoms with van der Waals surface area (Å²) >= 11 is 0. The average molecular weight is 485 g/mol. The van der Waals surface area contributed by atoms with Gasteiger partial charge >= 0.3 is 12.1 Å². The van der Waals surface area contributed by atoms with Crippen molar-refractivity contribution in [1.29, 1.82) is 0 Å². The Balaban J connectivity index is 1.51. The largest absolute Gasteiger partial charge is 0.491 e. The van der Waals surface area contributed by atoms with E-state index in [1.165, 1.54) is 24.4 Å². The number of nitrogens with two attached hydrogens (primary N) is 1. The topological polar surface area (TPSA) is 112 Å². The van der Waals surface area contributed by atoms with E-state index in [0.29, 0.717) is 22.2 Å². The molecule has 5 rings (SSSR count). The van der Waals surface area contributed by atoms with Gasteiger partial charge in [-0.3, -0.25) is 9.20 Å². The number of imidazole rings is 1. The van der Waals surface area contributed by atoms with Gasteiger partial charge in [-0.1, -0.05) is 6.07 Å². The molecule has 0 bridgehead atoms. The Morgan fingerprint density at radius 1 is 1.23 bits per heavy atom. The van der Waals surface area contributed by atoms with Gasteiger partial charge in [0.1, 0.15) is 24.2 Å². The fourth-order valence-corrected chi connectivity index (χ4v) is 4.18. The Morgan fingerprint density at radius 3 is 2.71 bits per heavy atom. The van der Waals surface area contributed by atoms with E-state index in [1.807, 2.05) is 0 Å². The number of nitrogens with zero attached hydrogens (tertiary/aromatic N) is 4. The second kappa shape index (κ2) is 7.86. The molecule has 2 aromatic carbocycles. The number of likely N-dealkylation sites (N-methyl/N-ethyl adjacent to an activating group) is 1. The molecule has 2 aromatic heterocycles. The molecule has 0 radical (unpaired) electrons. The van der Waals surface area contributed by atoms with Gasteiger partial charge in [0.05, 0.1) is 29.7 Å². The van der Waals surface area contributed by atoms with Crippen LogP contribution in [0.1, 0.15) is 38.0 Å². The van der Waals surface area contributed by atoms with Crippen molar-refractivity contribution in [3.8, 4) is 5.75 Å². The normalized spacial score (nSPS) is 15.2. The van der Waals surface area contributed by atoms with Gasteiger partial charge in [0.2, 0.25) is 0 Å². The zero-order valence-corrected chi connectivity index (χ0v) is 18.5. The van der Waals surface area contributed by atoms with E-state index in [0.717, 1.165) is 12.1 Å². The van der Waals surface area contributed by atoms with Gasteiger partial charge in [-0.25, -0.2) is 14.8 Å². The quantitative estimate of drug-likeness (QED) is 0.442. The number of methoxy groups -OCH3 is 1. The number of hydrogen-bond donors (Lipinski definition) is 1. The standard InChI is InChI=1S/C23H18F3N5O4/c1-30(16-9-35-17-8-12(23(24,25)26)4-5-13(16)17)21(32)11-3-6-14-15(7-11)31-10-28-18(22(33)34-2)19(31)20(27)29-14/h3-8,10,16H,9H2,1-2H3,(H2,27,29)/t16-/m1/s1. The number of hydrogen-bond acceptors (Lipinski definition) is 7. The number of ether oxygens (including phenoxy) is 2. The molecule has 1 amide bonds. The Bertz CT molecular complexity index is 1510. The minimum atomic E-state index is -4.49. The Hall–Kier alpha value is -4.35. The number of aromatic nitrogens is 3. The van der Waals surface area contributed by atoms with Gasteiger partial charge in [0, 0.05) is 18.2 Å². The predicted octanol–water partition coefficient (Wildman–Crippen LogP) is 3.48. The number of alkyl halides is 3. The molecule has 0 unspecified atom stereocenters. The van der Waals surface area contributed by atoms with Crippen LogP contribution in [0.4, 0.5) is 19.0 Å². The first-order valence-corrected chi connectivity index (χ1v) is 10.4. The lowest BCUT2D eigenvalue weighted by Gasteiger charge is -2.24. The number of carbonyl (C=O) groups is 2. The lowest BCUT2D eigenvalue weighted by Crippen LogP contribution is -2.32. The summed E-state index contributed by atoms with van der Waals surface area (Å²) in [6.45, 7) is 0.0266. The number of carbonyl (C=O) groups excluding carboxylic acids is 2. The van der Waals surface area contributed by atoms with Crippen LogP contribution in [0.5, 0.6) is 5.75 Å². The fourth-order valence-electron chi connectivity index (χ4n) is 4.18. The number of anilines is 1. The molecule has 12 heteroatoms. The molecule has 180 valence electrons. The second-order valence-corrected chi connectivity index (χ2v) is 8.00. The number of halogens is 3. The number of rotatable bonds is 3. The molecule has 0 saturated carbocycles. The highest BCUT2D eigenvalue weighted by Crippen LogP contribution is 2.40. The zero-order chi connectivity index (χ0) is 25.1. The average Bonchev–Trinajstić information content (AvgIpc) is 3.47. The summed E-state index contributed by atoms with van der Waals surface area (Å²) in [7, 11) is 2.77. The number of amides is 1. The third-order valence-electron chi connectivity index (χ3n) is 6.00. The number of esters is 1. The van der Waals surface area contributed by atoms with Crippen LogP contribution >= 0.6 is 0 Å². The number of nitrogen functional groups attached to an aromatic ring is 1. The minimum absolute atomic E-state index is 0.00816. The molecule has 3 heterocycles. The van der Waals surface area contributed by atoms with Gasteiger partial charge in [-0.2, -0.15) is 13.2 Å². The van der Waals surface area contributed by atoms with Crippen LogP contribution in [-0.2, 0) is 10.9 Å². The summed E-state index contributed by atoms with van der Waals surface area (Å²) in [6.07, 6.45) is -3.10. The third-order valence-corrected chi connectivity index (χ3v) is 6.00. The molecule has 35 heavy (non-hydrogen) atoms. The first-order valence-electron chi connectivity index (χ1n) is 10.4. The Labute approximate surface area is 195 Å². The molecule has 1 aliphatic heterocycles. The van der Waals surface area contributed by atoms with Gasteiger partial charge in [-0.05, 0) is 30.3 Å². The maximum absolute atomic E-state index is 13.3. The molecule has 1 atom stereocenters. The molecular weight excluding hydrogens is 467 g/mol. The number of fused-ring (bicyclic) bond motifs is 4. The highest BCUT2D eigenvalue weighted by Gasteiger charge is 2.36. The van der Waals surface area contributed by atoms with Crippen LogP contribution in [-0.4, -0.2) is 51.9 Å². The molecule has 0 aliphatic carbocycles. The van der Waals surface area contributed by atoms with Crippen molar-refractivity contribution in [3.63, 3.8) is 0 Å². The van der Waals surface area contributed by atoms with Crippen molar-refractivity contribution in [2.45, 2.75) is 12.2 Å². The summed E-state index contributed by atoms with van der Waals surface area (Å²) in [5.74, 6) is -0.893. The summed E-state index contributed by atoms with van der Waals surface area (Å²) in [5, 5.41) is 0. The third kappa shape index (κ3) is 3.57. The van der Waals surface area contributed by atoms with Crippen molar-refractivity contribution >= 4 is 34.2 Å². The molecule has 9 nitrogen and oxygen atoms in total. The van der Waals surface area contributed by atoms with E-state index in [9.17, 15) is 22.8 Å². The van der Waals surface area contributed by atoms with Crippen LogP contribution in [0.25, 0.3) is 16.6 Å². The minimum Gasteiger partial charge on any atom is -0.491 e. The predicted molar refractivity (Wildman–Crippen MR) is 118 cm³/mol. The van der Waals surface area contributed by atoms with Crippen LogP contribution in [0, 0.1) is 0 Å². The van der Waals surface area contributed by atoms with Crippen molar-refractivity contribution in [1.82, 2.24) is 19.3 Å². The van der Waals surface area contributed by atoms with Crippen molar-refractivity contribution < 1.29 is 32.2 Å². The van der Waals surface area contributed by atoms with E-state index in [-0.39, 0.29) is 35.3 Å². The summed E-state index contributed by atoms with van der Waals surface area (Å²) in [5.41, 5.74) is 7.19. The first-order chi connectivity index (χ1) is 16.6. The Morgan fingerprint density at radius 2 is 2.00 bits per heavy atom. The molecule has 0 fully saturated rings. The molecule has 4 aromatic rings. The monoisotopic (exact) mass is 485 g/mol. The first kappa shape index (κ1) is 22.4. The van der Waals surface area contributed by atoms with Crippen LogP contribution in [0.15, 0.2) is 42.7 Å². The van der Waals surface area contributed by atoms with E-state index < -0.39 is 23.8 Å². The van der Waals surface area contributed by atoms with Crippen LogP contribution < -0.4 is 10.5 Å². The molecule has 0 spiro atoms. The lowest BCUT2D eigenvalue weighted by molar-refractivity contribution is -0.137. The van der Waals surface area contributed by atoms with E-state index >= 15 is 0 Å². The van der Waals surface area contributed by atoms with Crippen molar-refractivity contribution in [2.75, 3.05) is 26.5 Å². The van der Waals surface area contributed by atoms with Gasteiger partial charge in [0.25, 0.3) is 5.91 Å². The lowest BCUT2D eigenvalue weighted by atomic mass is 10.0. The molecule has 0 saturated heterocycles. The van der Waals surface area contributed by atoms with Crippen molar-refractivity contribution in [3.05, 3.63) is 65.1 Å². The van der Waals surface area contributed by atoms with Gasteiger partial charge < -0.3 is 20.1 Å². The van der Waals surface area contributed by atoms with Gasteiger partial charge in [-0.15, -0.1) is 0 Å². The molecule has 1 aliphatic rings. The summed E-state index contributed by atoms with van der Waals surface area (Å²) in [4.78, 5) is 35.2. The van der Waals surface area contributed by atoms with Crippen molar-refractivity contribution in [2.24, 2.45) is 0 Å². The maximum atomic E-state index is 13.3. The molecular formula is C23H18F3N5O4. The second-order valence-electron chi connectivity index (χ2n) is 8.00. The van der Waals surface area contributed by atoms with Crippen LogP contribution in [0.2, 0.25) is 0 Å². The zero-order valence-electron chi connectivity index (χ0n) is 18.5. The Kier molecular flexibility index (Phi) is 5.04.